The zero-order valence-corrected chi connectivity index (χ0v) is 11.0. The minimum Gasteiger partial charge on any atom is -0.394 e. The van der Waals surface area contributed by atoms with Crippen LogP contribution >= 0.6 is 0 Å². The summed E-state index contributed by atoms with van der Waals surface area (Å²) in [6, 6.07) is 0. The van der Waals surface area contributed by atoms with Crippen molar-refractivity contribution in [1.82, 2.24) is 4.90 Å². The molecule has 0 atom stereocenters. The van der Waals surface area contributed by atoms with E-state index in [1.807, 2.05) is 0 Å². The van der Waals surface area contributed by atoms with Crippen LogP contribution in [0, 0.1) is 0 Å². The Kier molecular flexibility index (Phi) is 7.91. The Labute approximate surface area is 108 Å². The van der Waals surface area contributed by atoms with Crippen molar-refractivity contribution in [2.75, 3.05) is 53.2 Å². The first-order valence-electron chi connectivity index (χ1n) is 6.35. The van der Waals surface area contributed by atoms with Crippen molar-refractivity contribution in [1.29, 1.82) is 0 Å². The molecule has 0 aromatic carbocycles. The zero-order valence-electron chi connectivity index (χ0n) is 11.0. The molecule has 0 radical (unpaired) electrons. The number of carbonyl (C=O) groups excluding carboxylic acids is 1. The van der Waals surface area contributed by atoms with Crippen molar-refractivity contribution in [2.45, 2.75) is 18.9 Å². The number of aliphatic hydroxyl groups is 1. The lowest BCUT2D eigenvalue weighted by Gasteiger charge is -2.31. The number of likely N-dealkylation sites (tertiary alicyclic amines) is 1. The van der Waals surface area contributed by atoms with Gasteiger partial charge in [0.2, 0.25) is 5.91 Å². The smallest absolute Gasteiger partial charge is 0.248 e. The Morgan fingerprint density at radius 3 is 2.61 bits per heavy atom. The molecule has 1 saturated heterocycles. The molecule has 1 aliphatic rings. The maximum absolute atomic E-state index is 11.8. The van der Waals surface area contributed by atoms with Gasteiger partial charge in [0.1, 0.15) is 6.61 Å². The molecular weight excluding hydrogens is 238 g/mol. The van der Waals surface area contributed by atoms with Crippen LogP contribution in [0.25, 0.3) is 0 Å². The number of nitrogens with zero attached hydrogens (tertiary/aromatic N) is 1. The molecule has 0 bridgehead atoms. The quantitative estimate of drug-likeness (QED) is 0.605. The molecule has 6 heteroatoms. The Morgan fingerprint density at radius 1 is 1.28 bits per heavy atom. The minimum absolute atomic E-state index is 0.0201. The second kappa shape index (κ2) is 9.27. The predicted octanol–water partition coefficient (Wildman–Crippen LogP) is -0.351. The van der Waals surface area contributed by atoms with E-state index in [1.165, 1.54) is 0 Å². The molecule has 6 nitrogen and oxygen atoms in total. The fourth-order valence-electron chi connectivity index (χ4n) is 1.88. The molecule has 0 saturated carbocycles. The highest BCUT2D eigenvalue weighted by Gasteiger charge is 2.22. The number of hydrogen-bond acceptors (Lipinski definition) is 5. The second-order valence-corrected chi connectivity index (χ2v) is 4.22. The first-order chi connectivity index (χ1) is 8.77. The molecular formula is C12H23NO5. The molecule has 1 heterocycles. The predicted molar refractivity (Wildman–Crippen MR) is 65.3 cm³/mol. The van der Waals surface area contributed by atoms with Gasteiger partial charge in [-0.25, -0.2) is 0 Å². The first-order valence-corrected chi connectivity index (χ1v) is 6.35. The van der Waals surface area contributed by atoms with E-state index in [4.69, 9.17) is 19.3 Å². The first kappa shape index (κ1) is 15.4. The highest BCUT2D eigenvalue weighted by Crippen LogP contribution is 2.13. The molecule has 1 rings (SSSR count). The molecule has 0 spiro atoms. The molecule has 0 unspecified atom stereocenters. The van der Waals surface area contributed by atoms with Gasteiger partial charge in [0, 0.05) is 20.2 Å². The van der Waals surface area contributed by atoms with E-state index in [1.54, 1.807) is 12.0 Å². The molecule has 18 heavy (non-hydrogen) atoms. The number of rotatable bonds is 8. The van der Waals surface area contributed by atoms with Gasteiger partial charge in [-0.05, 0) is 12.8 Å². The molecule has 0 aromatic heterocycles. The summed E-state index contributed by atoms with van der Waals surface area (Å²) < 4.78 is 15.5. The van der Waals surface area contributed by atoms with Crippen LogP contribution in [0.4, 0.5) is 0 Å². The third-order valence-electron chi connectivity index (χ3n) is 2.90. The van der Waals surface area contributed by atoms with Gasteiger partial charge in [-0.3, -0.25) is 4.79 Å². The third kappa shape index (κ3) is 5.77. The van der Waals surface area contributed by atoms with Gasteiger partial charge >= 0.3 is 0 Å². The normalized spacial score (nSPS) is 17.1. The monoisotopic (exact) mass is 261 g/mol. The van der Waals surface area contributed by atoms with Gasteiger partial charge in [0.15, 0.2) is 0 Å². The number of piperidine rings is 1. The Morgan fingerprint density at radius 2 is 2.00 bits per heavy atom. The summed E-state index contributed by atoms with van der Waals surface area (Å²) in [5.41, 5.74) is 0. The number of aliphatic hydroxyl groups excluding tert-OH is 1. The van der Waals surface area contributed by atoms with E-state index in [2.05, 4.69) is 0 Å². The summed E-state index contributed by atoms with van der Waals surface area (Å²) in [6.07, 6.45) is 1.81. The van der Waals surface area contributed by atoms with Crippen LogP contribution in [-0.2, 0) is 19.0 Å². The standard InChI is InChI=1S/C12H23NO5/c1-16-8-9-17-10-12(15)13-4-2-11(3-5-13)18-7-6-14/h11,14H,2-10H2,1H3. The van der Waals surface area contributed by atoms with E-state index in [0.717, 1.165) is 12.8 Å². The lowest BCUT2D eigenvalue weighted by molar-refractivity contribution is -0.139. The number of carbonyl (C=O) groups is 1. The fourth-order valence-corrected chi connectivity index (χ4v) is 1.88. The average Bonchev–Trinajstić information content (AvgIpc) is 2.41. The van der Waals surface area contributed by atoms with Crippen molar-refractivity contribution < 1.29 is 24.1 Å². The number of hydrogen-bond donors (Lipinski definition) is 1. The number of amides is 1. The van der Waals surface area contributed by atoms with Crippen LogP contribution in [0.2, 0.25) is 0 Å². The van der Waals surface area contributed by atoms with Crippen molar-refractivity contribution in [3.63, 3.8) is 0 Å². The van der Waals surface area contributed by atoms with Crippen LogP contribution in [0.1, 0.15) is 12.8 Å². The minimum atomic E-state index is 0.0201. The summed E-state index contributed by atoms with van der Waals surface area (Å²) in [7, 11) is 1.60. The second-order valence-electron chi connectivity index (χ2n) is 4.22. The lowest BCUT2D eigenvalue weighted by Crippen LogP contribution is -2.42. The van der Waals surface area contributed by atoms with Gasteiger partial charge in [-0.15, -0.1) is 0 Å². The van der Waals surface area contributed by atoms with Crippen molar-refractivity contribution >= 4 is 5.91 Å². The van der Waals surface area contributed by atoms with Crippen molar-refractivity contribution in [3.8, 4) is 0 Å². The van der Waals surface area contributed by atoms with Crippen molar-refractivity contribution in [3.05, 3.63) is 0 Å². The van der Waals surface area contributed by atoms with E-state index >= 15 is 0 Å². The number of ether oxygens (including phenoxy) is 3. The summed E-state index contributed by atoms with van der Waals surface area (Å²) >= 11 is 0. The van der Waals surface area contributed by atoms with Crippen LogP contribution in [0.5, 0.6) is 0 Å². The van der Waals surface area contributed by atoms with Gasteiger partial charge in [0.05, 0.1) is 32.5 Å². The maximum Gasteiger partial charge on any atom is 0.248 e. The molecule has 1 N–H and O–H groups in total. The fraction of sp³-hybridized carbons (Fsp3) is 0.917. The van der Waals surface area contributed by atoms with E-state index in [9.17, 15) is 4.79 Å². The highest BCUT2D eigenvalue weighted by atomic mass is 16.5. The summed E-state index contributed by atoms with van der Waals surface area (Å²) in [5, 5.41) is 8.66. The van der Waals surface area contributed by atoms with Crippen LogP contribution < -0.4 is 0 Å². The zero-order chi connectivity index (χ0) is 13.2. The highest BCUT2D eigenvalue weighted by molar-refractivity contribution is 5.77. The van der Waals surface area contributed by atoms with Crippen molar-refractivity contribution in [2.24, 2.45) is 0 Å². The maximum atomic E-state index is 11.8. The van der Waals surface area contributed by atoms with Gasteiger partial charge in [-0.1, -0.05) is 0 Å². The van der Waals surface area contributed by atoms with E-state index in [-0.39, 0.29) is 25.2 Å². The van der Waals surface area contributed by atoms with Gasteiger partial charge in [0.25, 0.3) is 0 Å². The molecule has 0 aromatic rings. The summed E-state index contributed by atoms with van der Waals surface area (Å²) in [6.45, 7) is 2.88. The van der Waals surface area contributed by atoms with E-state index < -0.39 is 0 Å². The Hall–Kier alpha value is -0.690. The molecule has 1 aliphatic heterocycles. The largest absolute Gasteiger partial charge is 0.394 e. The SMILES string of the molecule is COCCOCC(=O)N1CCC(OCCO)CC1. The van der Waals surface area contributed by atoms with Gasteiger partial charge < -0.3 is 24.2 Å². The van der Waals surface area contributed by atoms with Gasteiger partial charge in [-0.2, -0.15) is 0 Å². The summed E-state index contributed by atoms with van der Waals surface area (Å²) in [5.74, 6) is 0.0201. The molecule has 0 aliphatic carbocycles. The van der Waals surface area contributed by atoms with Crippen LogP contribution in [0.15, 0.2) is 0 Å². The molecule has 1 amide bonds. The topological polar surface area (TPSA) is 68.2 Å². The third-order valence-corrected chi connectivity index (χ3v) is 2.90. The lowest BCUT2D eigenvalue weighted by atomic mass is 10.1. The Balaban J connectivity index is 2.11. The molecule has 1 fully saturated rings. The average molecular weight is 261 g/mol. The molecule has 106 valence electrons. The Bertz CT molecular complexity index is 229. The number of methoxy groups -OCH3 is 1. The van der Waals surface area contributed by atoms with Crippen LogP contribution in [0.3, 0.4) is 0 Å². The van der Waals surface area contributed by atoms with E-state index in [0.29, 0.717) is 32.9 Å². The van der Waals surface area contributed by atoms with Crippen LogP contribution in [-0.4, -0.2) is 75.3 Å². The summed E-state index contributed by atoms with van der Waals surface area (Å²) in [4.78, 5) is 13.6.